The molecule has 2 unspecified atom stereocenters. The number of halogens is 1. The molecule has 0 N–H and O–H groups in total. The molecule has 0 nitrogen and oxygen atoms in total. The van der Waals surface area contributed by atoms with E-state index in [0.717, 1.165) is 5.92 Å². The predicted octanol–water partition coefficient (Wildman–Crippen LogP) is 6.71. The summed E-state index contributed by atoms with van der Waals surface area (Å²) < 4.78 is 0. The van der Waals surface area contributed by atoms with Gasteiger partial charge in [0.15, 0.2) is 0 Å². The highest BCUT2D eigenvalue weighted by Crippen LogP contribution is 2.35. The van der Waals surface area contributed by atoms with Crippen molar-refractivity contribution < 1.29 is 0 Å². The second-order valence-electron chi connectivity index (χ2n) is 7.39. The fourth-order valence-electron chi connectivity index (χ4n) is 2.71. The molecule has 1 aromatic rings. The smallest absolute Gasteiger partial charge is 0.0397 e. The third-order valence-electron chi connectivity index (χ3n) is 3.53. The summed E-state index contributed by atoms with van der Waals surface area (Å²) in [5, 5.41) is 0. The molecule has 1 heteroatoms. The van der Waals surface area contributed by atoms with Crippen LogP contribution in [0.15, 0.2) is 24.3 Å². The Morgan fingerprint density at radius 2 is 1.42 bits per heavy atom. The topological polar surface area (TPSA) is 0 Å². The Morgan fingerprint density at radius 1 is 0.947 bits per heavy atom. The number of hydrogen-bond acceptors (Lipinski definition) is 0. The van der Waals surface area contributed by atoms with Crippen molar-refractivity contribution in [2.45, 2.75) is 65.1 Å². The van der Waals surface area contributed by atoms with Gasteiger partial charge in [-0.2, -0.15) is 0 Å². The molecule has 19 heavy (non-hydrogen) atoms. The van der Waals surface area contributed by atoms with E-state index in [-0.39, 0.29) is 0 Å². The maximum absolute atomic E-state index is 3.86. The highest BCUT2D eigenvalue weighted by Gasteiger charge is 2.18. The zero-order chi connectivity index (χ0) is 14.6. The predicted molar refractivity (Wildman–Crippen MR) is 90.1 cm³/mol. The van der Waals surface area contributed by atoms with Gasteiger partial charge in [-0.3, -0.25) is 0 Å². The van der Waals surface area contributed by atoms with Crippen LogP contribution in [0.5, 0.6) is 0 Å². The molecular weight excluding hydrogens is 296 g/mol. The molecule has 2 atom stereocenters. The molecule has 0 saturated heterocycles. The lowest BCUT2D eigenvalue weighted by atomic mass is 9.83. The van der Waals surface area contributed by atoms with Crippen LogP contribution in [0.4, 0.5) is 0 Å². The summed E-state index contributed by atoms with van der Waals surface area (Å²) in [7, 11) is 0. The second kappa shape index (κ2) is 6.92. The molecule has 1 aromatic carbocycles. The Hall–Kier alpha value is -0.300. The van der Waals surface area contributed by atoms with Crippen molar-refractivity contribution >= 4 is 15.9 Å². The zero-order valence-electron chi connectivity index (χ0n) is 13.3. The number of benzene rings is 1. The molecule has 0 amide bonds. The highest BCUT2D eigenvalue weighted by molar-refractivity contribution is 9.09. The van der Waals surface area contributed by atoms with Crippen molar-refractivity contribution in [2.24, 2.45) is 11.3 Å². The van der Waals surface area contributed by atoms with Crippen LogP contribution in [0.3, 0.4) is 0 Å². The van der Waals surface area contributed by atoms with Crippen molar-refractivity contribution in [3.8, 4) is 0 Å². The minimum Gasteiger partial charge on any atom is -0.0839 e. The third kappa shape index (κ3) is 6.12. The quantitative estimate of drug-likeness (QED) is 0.528. The molecule has 0 saturated carbocycles. The average Bonchev–Trinajstić information content (AvgIpc) is 2.26. The van der Waals surface area contributed by atoms with E-state index in [1.54, 1.807) is 0 Å². The first kappa shape index (κ1) is 16.8. The second-order valence-corrected chi connectivity index (χ2v) is 8.50. The Bertz CT molecular complexity index is 370. The molecule has 108 valence electrons. The van der Waals surface area contributed by atoms with Gasteiger partial charge in [-0.25, -0.2) is 0 Å². The van der Waals surface area contributed by atoms with Crippen molar-refractivity contribution in [1.82, 2.24) is 0 Å². The Labute approximate surface area is 128 Å². The van der Waals surface area contributed by atoms with Crippen LogP contribution in [-0.2, 0) is 0 Å². The minimum atomic E-state index is 0.424. The lowest BCUT2D eigenvalue weighted by Crippen LogP contribution is -2.12. The monoisotopic (exact) mass is 324 g/mol. The molecule has 0 aromatic heterocycles. The van der Waals surface area contributed by atoms with Gasteiger partial charge in [0.2, 0.25) is 0 Å². The van der Waals surface area contributed by atoms with Crippen LogP contribution in [0.2, 0.25) is 0 Å². The largest absolute Gasteiger partial charge is 0.0839 e. The highest BCUT2D eigenvalue weighted by atomic mass is 79.9. The molecule has 0 spiro atoms. The van der Waals surface area contributed by atoms with E-state index in [0.29, 0.717) is 16.2 Å². The molecule has 0 aliphatic rings. The normalized spacial score (nSPS) is 15.6. The van der Waals surface area contributed by atoms with E-state index < -0.39 is 0 Å². The summed E-state index contributed by atoms with van der Waals surface area (Å²) in [5.41, 5.74) is 3.25. The van der Waals surface area contributed by atoms with Crippen molar-refractivity contribution in [3.63, 3.8) is 0 Å². The summed E-state index contributed by atoms with van der Waals surface area (Å²) in [6.45, 7) is 13.8. The van der Waals surface area contributed by atoms with Crippen LogP contribution in [-0.4, -0.2) is 0 Å². The van der Waals surface area contributed by atoms with Crippen LogP contribution in [0, 0.1) is 11.3 Å². The minimum absolute atomic E-state index is 0.424. The molecule has 0 aliphatic heterocycles. The first-order valence-electron chi connectivity index (χ1n) is 7.43. The molecule has 0 fully saturated rings. The summed E-state index contributed by atoms with van der Waals surface area (Å²) in [4.78, 5) is 0.478. The van der Waals surface area contributed by atoms with Gasteiger partial charge in [0, 0.05) is 4.83 Å². The fraction of sp³-hybridized carbons (Fsp3) is 0.667. The lowest BCUT2D eigenvalue weighted by molar-refractivity contribution is 0.296. The van der Waals surface area contributed by atoms with Gasteiger partial charge >= 0.3 is 0 Å². The summed E-state index contributed by atoms with van der Waals surface area (Å²) in [6, 6.07) is 9.09. The van der Waals surface area contributed by atoms with E-state index in [2.05, 4.69) is 81.7 Å². The zero-order valence-corrected chi connectivity index (χ0v) is 14.9. The number of rotatable bonds is 5. The van der Waals surface area contributed by atoms with Gasteiger partial charge in [-0.15, -0.1) is 0 Å². The van der Waals surface area contributed by atoms with Crippen molar-refractivity contribution in [3.05, 3.63) is 35.4 Å². The number of alkyl halides is 1. The molecule has 0 heterocycles. The Morgan fingerprint density at radius 3 is 1.84 bits per heavy atom. The lowest BCUT2D eigenvalue weighted by Gasteiger charge is -2.25. The standard InChI is InChI=1S/C18H29Br/c1-13(2)15-7-9-16(10-8-15)17(19)11-14(3)12-18(4,5)6/h7-10,13-14,17H,11-12H2,1-6H3. The molecule has 0 radical (unpaired) electrons. The van der Waals surface area contributed by atoms with Gasteiger partial charge in [-0.1, -0.05) is 81.7 Å². The van der Waals surface area contributed by atoms with Gasteiger partial charge in [-0.05, 0) is 41.2 Å². The van der Waals surface area contributed by atoms with E-state index in [1.807, 2.05) is 0 Å². The van der Waals surface area contributed by atoms with Gasteiger partial charge in [0.05, 0.1) is 0 Å². The summed E-state index contributed by atoms with van der Waals surface area (Å²) in [5.74, 6) is 1.36. The first-order chi connectivity index (χ1) is 8.69. The molecule has 0 aliphatic carbocycles. The van der Waals surface area contributed by atoms with Gasteiger partial charge in [0.1, 0.15) is 0 Å². The van der Waals surface area contributed by atoms with Gasteiger partial charge in [0.25, 0.3) is 0 Å². The van der Waals surface area contributed by atoms with E-state index in [4.69, 9.17) is 0 Å². The van der Waals surface area contributed by atoms with Crippen molar-refractivity contribution in [2.75, 3.05) is 0 Å². The number of hydrogen-bond donors (Lipinski definition) is 0. The summed E-state index contributed by atoms with van der Waals surface area (Å²) >= 11 is 3.86. The average molecular weight is 325 g/mol. The van der Waals surface area contributed by atoms with Gasteiger partial charge < -0.3 is 0 Å². The first-order valence-corrected chi connectivity index (χ1v) is 8.34. The molecule has 1 rings (SSSR count). The van der Waals surface area contributed by atoms with E-state index >= 15 is 0 Å². The van der Waals surface area contributed by atoms with E-state index in [9.17, 15) is 0 Å². The Kier molecular flexibility index (Phi) is 6.11. The third-order valence-corrected chi connectivity index (χ3v) is 4.44. The van der Waals surface area contributed by atoms with Crippen LogP contribution in [0.25, 0.3) is 0 Å². The van der Waals surface area contributed by atoms with E-state index in [1.165, 1.54) is 24.0 Å². The van der Waals surface area contributed by atoms with Crippen LogP contribution >= 0.6 is 15.9 Å². The maximum atomic E-state index is 3.86. The summed E-state index contributed by atoms with van der Waals surface area (Å²) in [6.07, 6.45) is 2.48. The SMILES string of the molecule is CC(CC(Br)c1ccc(C(C)C)cc1)CC(C)(C)C. The maximum Gasteiger partial charge on any atom is 0.0397 e. The Balaban J connectivity index is 2.60. The van der Waals surface area contributed by atoms with Crippen LogP contribution in [0.1, 0.15) is 76.3 Å². The molecular formula is C18H29Br. The molecule has 0 bridgehead atoms. The van der Waals surface area contributed by atoms with Crippen molar-refractivity contribution in [1.29, 1.82) is 0 Å². The fourth-order valence-corrected chi connectivity index (χ4v) is 3.65. The van der Waals surface area contributed by atoms with Crippen LogP contribution < -0.4 is 0 Å².